The molecule has 0 saturated carbocycles. The minimum absolute atomic E-state index is 0.271. The van der Waals surface area contributed by atoms with Gasteiger partial charge in [-0.1, -0.05) is 15.9 Å². The van der Waals surface area contributed by atoms with E-state index in [9.17, 15) is 0 Å². The Morgan fingerprint density at radius 3 is 3.11 bits per heavy atom. The molecule has 0 aromatic carbocycles. The van der Waals surface area contributed by atoms with E-state index in [1.807, 2.05) is 0 Å². The van der Waals surface area contributed by atoms with E-state index in [0.29, 0.717) is 0 Å². The second-order valence-corrected chi connectivity index (χ2v) is 5.57. The molecule has 98 valence electrons. The summed E-state index contributed by atoms with van der Waals surface area (Å²) < 4.78 is 5.69. The van der Waals surface area contributed by atoms with Gasteiger partial charge >= 0.3 is 0 Å². The first-order valence-corrected chi connectivity index (χ1v) is 7.76. The van der Waals surface area contributed by atoms with Crippen molar-refractivity contribution in [3.05, 3.63) is 17.6 Å². The van der Waals surface area contributed by atoms with Crippen molar-refractivity contribution in [1.29, 1.82) is 0 Å². The quantitative estimate of drug-likeness (QED) is 0.783. The van der Waals surface area contributed by atoms with E-state index < -0.39 is 0 Å². The van der Waals surface area contributed by atoms with Crippen LogP contribution in [0.3, 0.4) is 0 Å². The zero-order chi connectivity index (χ0) is 12.4. The summed E-state index contributed by atoms with van der Waals surface area (Å²) >= 11 is 3.50. The summed E-state index contributed by atoms with van der Waals surface area (Å²) in [6, 6.07) is 0. The van der Waals surface area contributed by atoms with Gasteiger partial charge in [0.1, 0.15) is 12.1 Å². The van der Waals surface area contributed by atoms with Crippen molar-refractivity contribution in [2.24, 2.45) is 0 Å². The van der Waals surface area contributed by atoms with Crippen LogP contribution < -0.4 is 4.90 Å². The fourth-order valence-corrected chi connectivity index (χ4v) is 3.17. The second kappa shape index (κ2) is 5.53. The number of halogens is 1. The number of alkyl halides is 1. The molecule has 0 bridgehead atoms. The molecule has 2 heterocycles. The third-order valence-corrected chi connectivity index (χ3v) is 4.43. The Hall–Kier alpha value is -0.680. The van der Waals surface area contributed by atoms with E-state index >= 15 is 0 Å². The number of rotatable bonds is 2. The first-order valence-electron chi connectivity index (χ1n) is 6.63. The van der Waals surface area contributed by atoms with E-state index in [2.05, 4.69) is 30.8 Å². The standard InChI is InChI=1S/C13H18BrN3O/c14-7-10-8-17(5-6-18-10)13-11-3-1-2-4-12(11)15-9-16-13/h9-10H,1-8H2. The highest BCUT2D eigenvalue weighted by atomic mass is 79.9. The molecule has 1 atom stereocenters. The molecule has 1 unspecified atom stereocenters. The van der Waals surface area contributed by atoms with Crippen molar-refractivity contribution in [3.8, 4) is 0 Å². The van der Waals surface area contributed by atoms with Gasteiger partial charge in [-0.15, -0.1) is 0 Å². The molecule has 1 aliphatic carbocycles. The van der Waals surface area contributed by atoms with Gasteiger partial charge in [-0.25, -0.2) is 9.97 Å². The summed E-state index contributed by atoms with van der Waals surface area (Å²) in [5.74, 6) is 1.15. The molecule has 18 heavy (non-hydrogen) atoms. The normalized spacial score (nSPS) is 23.8. The molecule has 0 N–H and O–H groups in total. The van der Waals surface area contributed by atoms with Crippen molar-refractivity contribution in [1.82, 2.24) is 9.97 Å². The second-order valence-electron chi connectivity index (χ2n) is 4.92. The van der Waals surface area contributed by atoms with Crippen LogP contribution in [0.1, 0.15) is 24.1 Å². The molecule has 1 aliphatic heterocycles. The molecule has 1 aromatic heterocycles. The van der Waals surface area contributed by atoms with E-state index in [-0.39, 0.29) is 6.10 Å². The third kappa shape index (κ3) is 2.38. The lowest BCUT2D eigenvalue weighted by Gasteiger charge is -2.34. The fourth-order valence-electron chi connectivity index (χ4n) is 2.78. The average Bonchev–Trinajstić information content (AvgIpc) is 2.47. The number of nitrogens with zero attached hydrogens (tertiary/aromatic N) is 3. The van der Waals surface area contributed by atoms with Gasteiger partial charge in [-0.05, 0) is 25.7 Å². The smallest absolute Gasteiger partial charge is 0.135 e. The Bertz CT molecular complexity index is 427. The molecule has 1 aromatic rings. The van der Waals surface area contributed by atoms with Crippen molar-refractivity contribution in [2.45, 2.75) is 31.8 Å². The Labute approximate surface area is 116 Å². The number of hydrogen-bond acceptors (Lipinski definition) is 4. The highest BCUT2D eigenvalue weighted by Gasteiger charge is 2.24. The zero-order valence-corrected chi connectivity index (χ0v) is 12.0. The number of anilines is 1. The van der Waals surface area contributed by atoms with Gasteiger partial charge in [0.05, 0.1) is 12.7 Å². The summed E-state index contributed by atoms with van der Waals surface area (Å²) in [6.45, 7) is 2.65. The molecule has 0 spiro atoms. The predicted molar refractivity (Wildman–Crippen MR) is 74.4 cm³/mol. The Kier molecular flexibility index (Phi) is 3.80. The van der Waals surface area contributed by atoms with Gasteiger partial charge in [-0.2, -0.15) is 0 Å². The topological polar surface area (TPSA) is 38.2 Å². The summed E-state index contributed by atoms with van der Waals surface area (Å²) in [4.78, 5) is 11.3. The van der Waals surface area contributed by atoms with Crippen LogP contribution >= 0.6 is 15.9 Å². The average molecular weight is 312 g/mol. The highest BCUT2D eigenvalue weighted by Crippen LogP contribution is 2.28. The van der Waals surface area contributed by atoms with Crippen molar-refractivity contribution in [2.75, 3.05) is 29.9 Å². The minimum Gasteiger partial charge on any atom is -0.374 e. The first kappa shape index (κ1) is 12.4. The van der Waals surface area contributed by atoms with Crippen LogP contribution in [0.15, 0.2) is 6.33 Å². The molecule has 0 amide bonds. The number of hydrogen-bond donors (Lipinski definition) is 0. The van der Waals surface area contributed by atoms with Gasteiger partial charge in [0.2, 0.25) is 0 Å². The molecule has 1 fully saturated rings. The Morgan fingerprint density at radius 2 is 2.22 bits per heavy atom. The highest BCUT2D eigenvalue weighted by molar-refractivity contribution is 9.09. The maximum atomic E-state index is 5.69. The van der Waals surface area contributed by atoms with Gasteiger partial charge in [0.15, 0.2) is 0 Å². The van der Waals surface area contributed by atoms with E-state index in [1.54, 1.807) is 6.33 Å². The van der Waals surface area contributed by atoms with Gasteiger partial charge < -0.3 is 9.64 Å². The van der Waals surface area contributed by atoms with Gasteiger partial charge in [0.25, 0.3) is 0 Å². The van der Waals surface area contributed by atoms with Crippen LogP contribution in [0, 0.1) is 0 Å². The first-order chi connectivity index (χ1) is 8.88. The molecule has 3 rings (SSSR count). The summed E-state index contributed by atoms with van der Waals surface area (Å²) in [5, 5.41) is 0.886. The molecule has 1 saturated heterocycles. The van der Waals surface area contributed by atoms with Crippen molar-refractivity contribution in [3.63, 3.8) is 0 Å². The van der Waals surface area contributed by atoms with Crippen LogP contribution in [-0.4, -0.2) is 41.1 Å². The minimum atomic E-state index is 0.271. The van der Waals surface area contributed by atoms with E-state index in [4.69, 9.17) is 4.74 Å². The van der Waals surface area contributed by atoms with E-state index in [1.165, 1.54) is 24.1 Å². The summed E-state index contributed by atoms with van der Waals surface area (Å²) in [5.41, 5.74) is 2.63. The van der Waals surface area contributed by atoms with Gasteiger partial charge in [-0.3, -0.25) is 0 Å². The Balaban J connectivity index is 1.87. The monoisotopic (exact) mass is 311 g/mol. The fraction of sp³-hybridized carbons (Fsp3) is 0.692. The van der Waals surface area contributed by atoms with Crippen LogP contribution in [0.4, 0.5) is 5.82 Å². The molecular weight excluding hydrogens is 294 g/mol. The summed E-state index contributed by atoms with van der Waals surface area (Å²) in [6.07, 6.45) is 6.75. The van der Waals surface area contributed by atoms with Gasteiger partial charge in [0, 0.05) is 29.7 Å². The third-order valence-electron chi connectivity index (χ3n) is 3.71. The van der Waals surface area contributed by atoms with Crippen LogP contribution in [-0.2, 0) is 17.6 Å². The summed E-state index contributed by atoms with van der Waals surface area (Å²) in [7, 11) is 0. The maximum absolute atomic E-state index is 5.69. The molecular formula is C13H18BrN3O. The zero-order valence-electron chi connectivity index (χ0n) is 10.4. The van der Waals surface area contributed by atoms with Crippen molar-refractivity contribution < 1.29 is 4.74 Å². The maximum Gasteiger partial charge on any atom is 0.135 e. The lowest BCUT2D eigenvalue weighted by atomic mass is 9.96. The molecule has 0 radical (unpaired) electrons. The number of aromatic nitrogens is 2. The van der Waals surface area contributed by atoms with Crippen molar-refractivity contribution >= 4 is 21.7 Å². The number of aryl methyl sites for hydroxylation is 1. The van der Waals surface area contributed by atoms with E-state index in [0.717, 1.165) is 43.7 Å². The van der Waals surface area contributed by atoms with Crippen LogP contribution in [0.25, 0.3) is 0 Å². The molecule has 2 aliphatic rings. The SMILES string of the molecule is BrCC1CN(c2ncnc3c2CCCC3)CCO1. The number of fused-ring (bicyclic) bond motifs is 1. The lowest BCUT2D eigenvalue weighted by Crippen LogP contribution is -2.44. The Morgan fingerprint density at radius 1 is 1.33 bits per heavy atom. The lowest BCUT2D eigenvalue weighted by molar-refractivity contribution is 0.0567. The predicted octanol–water partition coefficient (Wildman–Crippen LogP) is 1.96. The van der Waals surface area contributed by atoms with Crippen LogP contribution in [0.5, 0.6) is 0 Å². The number of morpholine rings is 1. The molecule has 4 nitrogen and oxygen atoms in total. The van der Waals surface area contributed by atoms with Crippen LogP contribution in [0.2, 0.25) is 0 Å². The largest absolute Gasteiger partial charge is 0.374 e. The number of ether oxygens (including phenoxy) is 1. The molecule has 5 heteroatoms.